The molecule has 9 atom stereocenters. The number of nitrogens with zero attached hydrogens (tertiary/aromatic N) is 1. The predicted octanol–water partition coefficient (Wildman–Crippen LogP) is 15.4. The molecule has 82 heavy (non-hydrogen) atoms. The quantitative estimate of drug-likeness (QED) is 0.0306. The molecule has 0 saturated carbocycles. The third kappa shape index (κ3) is 43.6. The van der Waals surface area contributed by atoms with E-state index in [0.29, 0.717) is 44.8 Å². The molecular formula is C67H118N2O13. The maximum absolute atomic E-state index is 11.4. The summed E-state index contributed by atoms with van der Waals surface area (Å²) >= 11 is 0. The minimum atomic E-state index is -0.181. The normalized spacial score (nSPS) is 15.7. The summed E-state index contributed by atoms with van der Waals surface area (Å²) in [5.41, 5.74) is 9.26. The van der Waals surface area contributed by atoms with E-state index in [0.717, 1.165) is 82.7 Å². The number of esters is 4. The Bertz CT molecular complexity index is 1920. The van der Waals surface area contributed by atoms with E-state index >= 15 is 0 Å². The zero-order chi connectivity index (χ0) is 63.6. The Morgan fingerprint density at radius 3 is 1.34 bits per heavy atom. The van der Waals surface area contributed by atoms with Gasteiger partial charge in [0.05, 0.1) is 69.2 Å². The number of nitrogens with two attached hydrogens (primary N) is 1. The average molecular weight is 1160 g/mol. The Morgan fingerprint density at radius 1 is 0.646 bits per heavy atom. The minimum Gasteiger partial charge on any atom is -0.497 e. The van der Waals surface area contributed by atoms with Crippen LogP contribution in [0.4, 0.5) is 0 Å². The van der Waals surface area contributed by atoms with Crippen LogP contribution < -0.4 is 15.2 Å². The van der Waals surface area contributed by atoms with Crippen molar-refractivity contribution in [2.24, 2.45) is 40.7 Å². The second-order valence-electron chi connectivity index (χ2n) is 21.1. The van der Waals surface area contributed by atoms with E-state index in [2.05, 4.69) is 83.2 Å². The molecule has 474 valence electrons. The van der Waals surface area contributed by atoms with Gasteiger partial charge in [0.15, 0.2) is 6.29 Å². The molecule has 2 aromatic rings. The highest BCUT2D eigenvalue weighted by Crippen LogP contribution is 2.32. The molecule has 0 spiro atoms. The fourth-order valence-electron chi connectivity index (χ4n) is 5.63. The molecule has 2 aromatic carbocycles. The summed E-state index contributed by atoms with van der Waals surface area (Å²) in [6.45, 7) is 46.5. The summed E-state index contributed by atoms with van der Waals surface area (Å²) in [6.07, 6.45) is 8.80. The number of rotatable bonds is 26. The fourth-order valence-corrected chi connectivity index (χ4v) is 5.63. The highest BCUT2D eigenvalue weighted by atomic mass is 16.7. The molecule has 0 bridgehead atoms. The van der Waals surface area contributed by atoms with Crippen molar-refractivity contribution in [2.45, 2.75) is 214 Å². The number of benzene rings is 2. The number of carbonyl (C=O) groups is 4. The number of hydrogen-bond donors (Lipinski definition) is 1. The van der Waals surface area contributed by atoms with Gasteiger partial charge >= 0.3 is 23.9 Å². The maximum Gasteiger partial charge on any atom is 0.308 e. The SMILES string of the molecule is C=C(C)CC.CCC(C)C#N.CCC(C)C(=O)OC.CCC(C)C(=O)OCC1(CC)COC1.CCC(C)C(=O)OCC1CO1.CCC(C)C(=O)OCCN.CCC(C)c1ccc(OC)cc1.CCOC(C)Oc1ccc(C(C)CC)cc1. The summed E-state index contributed by atoms with van der Waals surface area (Å²) in [7, 11) is 3.10. The summed E-state index contributed by atoms with van der Waals surface area (Å²) in [6, 6.07) is 18.7. The van der Waals surface area contributed by atoms with Crippen LogP contribution in [0.2, 0.25) is 0 Å². The standard InChI is InChI=1S/C14H22O2.C11H20O3.C11H16O.C8H14O3.C7H15NO2.C6H12O2.C5H9N.C5H10/c1-5-11(3)13-7-9-14(10-8-13)16-12(4)15-6-2;1-4-9(3)10(12)14-8-11(5-2)6-13-7-11;1-4-9(2)10-5-7-11(12-3)8-6-10;1-3-6(2)8(9)11-5-7-4-10-7;1-3-6(2)7(9)10-5-4-8;1-4-5(2)6(7)8-3;1-3-5(2)4-6;1-4-5(2)3/h7-12H,5-6H2,1-4H3;9H,4-8H2,1-3H3;5-9H,4H2,1-3H3;6-7H,3-5H2,1-2H3;6H,3-5,8H2,1-2H3;5H,4H2,1-3H3;5H,3H2,1-2H3;2,4H2,1,3H3. The first-order valence-corrected chi connectivity index (χ1v) is 30.4. The number of ether oxygens (including phenoxy) is 9. The van der Waals surface area contributed by atoms with E-state index in [9.17, 15) is 19.2 Å². The third-order valence-electron chi connectivity index (χ3n) is 14.0. The summed E-state index contributed by atoms with van der Waals surface area (Å²) < 4.78 is 45.5. The number of carbonyl (C=O) groups excluding carboxylic acids is 4. The van der Waals surface area contributed by atoms with Crippen LogP contribution >= 0.6 is 0 Å². The summed E-state index contributed by atoms with van der Waals surface area (Å²) in [5.74, 6) is 2.95. The van der Waals surface area contributed by atoms with E-state index in [-0.39, 0.29) is 71.3 Å². The van der Waals surface area contributed by atoms with Gasteiger partial charge in [-0.15, -0.1) is 6.58 Å². The molecule has 15 nitrogen and oxygen atoms in total. The third-order valence-corrected chi connectivity index (χ3v) is 14.0. The first kappa shape index (κ1) is 83.4. The molecule has 2 aliphatic heterocycles. The molecule has 15 heteroatoms. The van der Waals surface area contributed by atoms with Crippen molar-refractivity contribution in [1.82, 2.24) is 0 Å². The Kier molecular flexibility index (Phi) is 53.7. The molecule has 0 radical (unpaired) electrons. The van der Waals surface area contributed by atoms with Crippen LogP contribution in [0, 0.1) is 46.3 Å². The van der Waals surface area contributed by atoms with E-state index in [1.807, 2.05) is 114 Å². The van der Waals surface area contributed by atoms with E-state index in [4.69, 9.17) is 48.9 Å². The van der Waals surface area contributed by atoms with E-state index in [1.54, 1.807) is 7.11 Å². The molecule has 2 saturated heterocycles. The van der Waals surface area contributed by atoms with Crippen LogP contribution in [-0.4, -0.2) is 103 Å². The van der Waals surface area contributed by atoms with Gasteiger partial charge in [-0.05, 0) is 133 Å². The first-order chi connectivity index (χ1) is 38.8. The minimum absolute atomic E-state index is 0.00606. The number of methoxy groups -OCH3 is 2. The Labute approximate surface area is 499 Å². The van der Waals surface area contributed by atoms with Gasteiger partial charge in [0.2, 0.25) is 0 Å². The number of hydrogen-bond acceptors (Lipinski definition) is 15. The molecule has 0 aromatic heterocycles. The number of allylic oxidation sites excluding steroid dienone is 1. The maximum atomic E-state index is 11.4. The van der Waals surface area contributed by atoms with Gasteiger partial charge in [-0.25, -0.2) is 0 Å². The van der Waals surface area contributed by atoms with Crippen LogP contribution in [0.15, 0.2) is 60.7 Å². The van der Waals surface area contributed by atoms with Crippen molar-refractivity contribution >= 4 is 23.9 Å². The van der Waals surface area contributed by atoms with Gasteiger partial charge < -0.3 is 48.4 Å². The lowest BCUT2D eigenvalue weighted by Gasteiger charge is -2.40. The molecule has 2 fully saturated rings. The van der Waals surface area contributed by atoms with Gasteiger partial charge in [0, 0.05) is 19.1 Å². The molecule has 0 aliphatic carbocycles. The molecule has 4 rings (SSSR count). The molecule has 9 unspecified atom stereocenters. The Hall–Kier alpha value is -5.01. The monoisotopic (exact) mass is 1160 g/mol. The van der Waals surface area contributed by atoms with E-state index < -0.39 is 0 Å². The molecule has 2 aliphatic rings. The number of epoxide rings is 1. The van der Waals surface area contributed by atoms with Crippen molar-refractivity contribution in [2.75, 3.05) is 67.0 Å². The lowest BCUT2D eigenvalue weighted by molar-refractivity contribution is -0.173. The summed E-state index contributed by atoms with van der Waals surface area (Å²) in [4.78, 5) is 43.8. The van der Waals surface area contributed by atoms with Crippen molar-refractivity contribution in [3.63, 3.8) is 0 Å². The number of nitriles is 1. The predicted molar refractivity (Wildman–Crippen MR) is 334 cm³/mol. The average Bonchev–Trinajstić information content (AvgIpc) is 4.34. The zero-order valence-corrected chi connectivity index (χ0v) is 55.4. The van der Waals surface area contributed by atoms with Gasteiger partial charge in [-0.2, -0.15) is 5.26 Å². The Balaban J connectivity index is -0.000000434. The second-order valence-corrected chi connectivity index (χ2v) is 21.1. The topological polar surface area (TPSA) is 204 Å². The summed E-state index contributed by atoms with van der Waals surface area (Å²) in [5, 5.41) is 8.08. The highest BCUT2D eigenvalue weighted by molar-refractivity contribution is 5.73. The van der Waals surface area contributed by atoms with Gasteiger partial charge in [0.25, 0.3) is 0 Å². The lowest BCUT2D eigenvalue weighted by atomic mass is 9.84. The molecule has 2 N–H and O–H groups in total. The van der Waals surface area contributed by atoms with Gasteiger partial charge in [-0.1, -0.05) is 134 Å². The molecule has 2 heterocycles. The van der Waals surface area contributed by atoms with Crippen molar-refractivity contribution < 1.29 is 61.8 Å². The van der Waals surface area contributed by atoms with Crippen LogP contribution in [-0.2, 0) is 52.3 Å². The molecule has 0 amide bonds. The van der Waals surface area contributed by atoms with Gasteiger partial charge in [0.1, 0.15) is 37.4 Å². The van der Waals surface area contributed by atoms with Crippen LogP contribution in [0.5, 0.6) is 11.5 Å². The lowest BCUT2D eigenvalue weighted by Crippen LogP contribution is -2.46. The van der Waals surface area contributed by atoms with Crippen LogP contribution in [0.3, 0.4) is 0 Å². The smallest absolute Gasteiger partial charge is 0.308 e. The van der Waals surface area contributed by atoms with Crippen molar-refractivity contribution in [3.8, 4) is 17.6 Å². The highest BCUT2D eigenvalue weighted by Gasteiger charge is 2.38. The second kappa shape index (κ2) is 52.8. The van der Waals surface area contributed by atoms with Crippen molar-refractivity contribution in [1.29, 1.82) is 5.26 Å². The molecular weight excluding hydrogens is 1040 g/mol. The Morgan fingerprint density at radius 2 is 1.06 bits per heavy atom. The first-order valence-electron chi connectivity index (χ1n) is 30.4. The van der Waals surface area contributed by atoms with E-state index in [1.165, 1.54) is 30.2 Å². The fraction of sp³-hybridized carbons (Fsp3) is 0.716. The van der Waals surface area contributed by atoms with Gasteiger partial charge in [-0.3, -0.25) is 19.2 Å². The van der Waals surface area contributed by atoms with Crippen LogP contribution in [0.25, 0.3) is 0 Å². The zero-order valence-electron chi connectivity index (χ0n) is 55.4. The largest absolute Gasteiger partial charge is 0.497 e. The van der Waals surface area contributed by atoms with Crippen molar-refractivity contribution in [3.05, 3.63) is 71.8 Å². The van der Waals surface area contributed by atoms with Crippen LogP contribution in [0.1, 0.15) is 212 Å².